The summed E-state index contributed by atoms with van der Waals surface area (Å²) >= 11 is 6.04. The molecular formula is C22H24ClN3O3. The Bertz CT molecular complexity index is 911. The maximum absolute atomic E-state index is 12.6. The molecule has 2 aliphatic heterocycles. The first-order valence-electron chi connectivity index (χ1n) is 9.80. The molecule has 0 bridgehead atoms. The van der Waals surface area contributed by atoms with Crippen LogP contribution in [0.2, 0.25) is 5.02 Å². The van der Waals surface area contributed by atoms with Crippen molar-refractivity contribution in [3.63, 3.8) is 0 Å². The van der Waals surface area contributed by atoms with Gasteiger partial charge in [-0.25, -0.2) is 9.86 Å². The number of nitrogens with zero attached hydrogens (tertiary/aromatic N) is 2. The van der Waals surface area contributed by atoms with Crippen LogP contribution >= 0.6 is 11.6 Å². The van der Waals surface area contributed by atoms with Crippen LogP contribution < -0.4 is 5.32 Å². The van der Waals surface area contributed by atoms with E-state index in [9.17, 15) is 9.59 Å². The number of carbonyl (C=O) groups is 2. The maximum atomic E-state index is 12.6. The minimum absolute atomic E-state index is 0.00314. The number of urea groups is 1. The summed E-state index contributed by atoms with van der Waals surface area (Å²) in [6.45, 7) is 3.44. The van der Waals surface area contributed by atoms with E-state index in [4.69, 9.17) is 16.4 Å². The van der Waals surface area contributed by atoms with Crippen LogP contribution in [0.15, 0.2) is 48.5 Å². The van der Waals surface area contributed by atoms with Gasteiger partial charge in [0.1, 0.15) is 5.60 Å². The number of aryl methyl sites for hydroxylation is 1. The number of amides is 3. The fourth-order valence-electron chi connectivity index (χ4n) is 3.86. The van der Waals surface area contributed by atoms with Gasteiger partial charge in [-0.1, -0.05) is 41.9 Å². The van der Waals surface area contributed by atoms with Crippen LogP contribution in [0.3, 0.4) is 0 Å². The lowest BCUT2D eigenvalue weighted by Crippen LogP contribution is -2.48. The highest BCUT2D eigenvalue weighted by Crippen LogP contribution is 2.37. The third-order valence-corrected chi connectivity index (χ3v) is 6.02. The largest absolute Gasteiger partial charge is 0.324 e. The summed E-state index contributed by atoms with van der Waals surface area (Å²) in [7, 11) is 0. The van der Waals surface area contributed by atoms with Crippen LogP contribution in [-0.2, 0) is 16.2 Å². The van der Waals surface area contributed by atoms with E-state index in [-0.39, 0.29) is 11.9 Å². The lowest BCUT2D eigenvalue weighted by Gasteiger charge is -2.37. The fourth-order valence-corrected chi connectivity index (χ4v) is 3.98. The van der Waals surface area contributed by atoms with Crippen molar-refractivity contribution in [2.24, 2.45) is 0 Å². The van der Waals surface area contributed by atoms with Crippen molar-refractivity contribution in [2.75, 3.05) is 18.4 Å². The topological polar surface area (TPSA) is 61.9 Å². The van der Waals surface area contributed by atoms with Crippen LogP contribution in [0.1, 0.15) is 30.4 Å². The number of hydroxylamine groups is 2. The Kier molecular flexibility index (Phi) is 5.48. The second-order valence-electron chi connectivity index (χ2n) is 7.75. The molecule has 0 radical (unpaired) electrons. The Balaban J connectivity index is 1.33. The summed E-state index contributed by atoms with van der Waals surface area (Å²) < 4.78 is 0. The Hall–Kier alpha value is -2.57. The quantitative estimate of drug-likeness (QED) is 0.812. The standard InChI is InChI=1S/C22H24ClN3O3/c1-16-13-18(7-8-19(16)23)24-21(28)25-11-9-22(10-12-25)14-20(27)26(29-22)15-17-5-3-2-4-6-17/h2-8,13H,9-12,14-15H2,1H3,(H,24,28). The molecule has 1 N–H and O–H groups in total. The smallest absolute Gasteiger partial charge is 0.321 e. The molecule has 2 fully saturated rings. The number of hydrogen-bond acceptors (Lipinski definition) is 3. The van der Waals surface area contributed by atoms with Crippen molar-refractivity contribution in [3.05, 3.63) is 64.7 Å². The van der Waals surface area contributed by atoms with Crippen LogP contribution in [0.5, 0.6) is 0 Å². The van der Waals surface area contributed by atoms with Gasteiger partial charge in [0.25, 0.3) is 0 Å². The lowest BCUT2D eigenvalue weighted by molar-refractivity contribution is -0.212. The molecule has 1 spiro atoms. The summed E-state index contributed by atoms with van der Waals surface area (Å²) in [4.78, 5) is 32.9. The summed E-state index contributed by atoms with van der Waals surface area (Å²) in [5, 5.41) is 5.07. The molecule has 2 aliphatic rings. The van der Waals surface area contributed by atoms with Crippen LogP contribution in [-0.4, -0.2) is 40.6 Å². The number of halogens is 1. The Morgan fingerprint density at radius 2 is 1.90 bits per heavy atom. The van der Waals surface area contributed by atoms with Gasteiger partial charge in [0, 0.05) is 23.8 Å². The molecule has 2 saturated heterocycles. The Morgan fingerprint density at radius 1 is 1.17 bits per heavy atom. The molecule has 0 aliphatic carbocycles. The summed E-state index contributed by atoms with van der Waals surface area (Å²) in [5.74, 6) is 0.00314. The van der Waals surface area contributed by atoms with Crippen LogP contribution in [0, 0.1) is 6.92 Å². The molecule has 2 heterocycles. The van der Waals surface area contributed by atoms with E-state index in [1.165, 1.54) is 5.06 Å². The van der Waals surface area contributed by atoms with Gasteiger partial charge in [-0.3, -0.25) is 9.63 Å². The average Bonchev–Trinajstić information content (AvgIpc) is 3.00. The second-order valence-corrected chi connectivity index (χ2v) is 8.16. The molecular weight excluding hydrogens is 390 g/mol. The highest BCUT2D eigenvalue weighted by atomic mass is 35.5. The highest BCUT2D eigenvalue weighted by molar-refractivity contribution is 6.31. The summed E-state index contributed by atoms with van der Waals surface area (Å²) in [6, 6.07) is 15.1. The number of piperidine rings is 1. The average molecular weight is 414 g/mol. The number of hydrogen-bond donors (Lipinski definition) is 1. The molecule has 0 unspecified atom stereocenters. The van der Waals surface area contributed by atoms with E-state index < -0.39 is 5.60 Å². The number of rotatable bonds is 3. The molecule has 29 heavy (non-hydrogen) atoms. The predicted molar refractivity (Wildman–Crippen MR) is 111 cm³/mol. The van der Waals surface area contributed by atoms with Gasteiger partial charge in [-0.2, -0.15) is 0 Å². The fraction of sp³-hybridized carbons (Fsp3) is 0.364. The number of anilines is 1. The van der Waals surface area contributed by atoms with Crippen LogP contribution in [0.25, 0.3) is 0 Å². The zero-order valence-electron chi connectivity index (χ0n) is 16.4. The molecule has 0 atom stereocenters. The number of carbonyl (C=O) groups excluding carboxylic acids is 2. The zero-order valence-corrected chi connectivity index (χ0v) is 17.1. The minimum atomic E-state index is -0.500. The van der Waals surface area contributed by atoms with E-state index in [0.29, 0.717) is 43.9 Å². The van der Waals surface area contributed by atoms with Gasteiger partial charge in [0.2, 0.25) is 5.91 Å². The molecule has 0 aromatic heterocycles. The molecule has 6 nitrogen and oxygen atoms in total. The number of likely N-dealkylation sites (tertiary alicyclic amines) is 1. The van der Waals surface area contributed by atoms with E-state index in [1.54, 1.807) is 17.0 Å². The first kappa shape index (κ1) is 19.7. The van der Waals surface area contributed by atoms with E-state index in [1.807, 2.05) is 43.3 Å². The number of benzene rings is 2. The van der Waals surface area contributed by atoms with Crippen molar-refractivity contribution in [3.8, 4) is 0 Å². The van der Waals surface area contributed by atoms with Crippen molar-refractivity contribution in [1.29, 1.82) is 0 Å². The molecule has 2 aromatic rings. The van der Waals surface area contributed by atoms with Crippen LogP contribution in [0.4, 0.5) is 10.5 Å². The van der Waals surface area contributed by atoms with Gasteiger partial charge in [0.15, 0.2) is 0 Å². The summed E-state index contributed by atoms with van der Waals surface area (Å²) in [6.07, 6.45) is 1.64. The van der Waals surface area contributed by atoms with Gasteiger partial charge >= 0.3 is 6.03 Å². The van der Waals surface area contributed by atoms with Crippen molar-refractivity contribution >= 4 is 29.2 Å². The second kappa shape index (κ2) is 8.05. The molecule has 0 saturated carbocycles. The molecule has 4 rings (SSSR count). The van der Waals surface area contributed by atoms with Gasteiger partial charge < -0.3 is 10.2 Å². The Morgan fingerprint density at radius 3 is 2.59 bits per heavy atom. The SMILES string of the molecule is Cc1cc(NC(=O)N2CCC3(CC2)CC(=O)N(Cc2ccccc2)O3)ccc1Cl. The van der Waals surface area contributed by atoms with E-state index in [2.05, 4.69) is 5.32 Å². The Labute approximate surface area is 175 Å². The van der Waals surface area contributed by atoms with Crippen molar-refractivity contribution < 1.29 is 14.4 Å². The maximum Gasteiger partial charge on any atom is 0.321 e. The number of nitrogens with one attached hydrogen (secondary N) is 1. The van der Waals surface area contributed by atoms with Gasteiger partial charge in [-0.05, 0) is 49.1 Å². The third kappa shape index (κ3) is 4.38. The highest BCUT2D eigenvalue weighted by Gasteiger charge is 2.47. The first-order valence-corrected chi connectivity index (χ1v) is 10.2. The molecule has 152 valence electrons. The van der Waals surface area contributed by atoms with E-state index >= 15 is 0 Å². The monoisotopic (exact) mass is 413 g/mol. The molecule has 2 aromatic carbocycles. The molecule has 7 heteroatoms. The zero-order chi connectivity index (χ0) is 20.4. The lowest BCUT2D eigenvalue weighted by atomic mass is 9.89. The van der Waals surface area contributed by atoms with Gasteiger partial charge in [0.05, 0.1) is 13.0 Å². The third-order valence-electron chi connectivity index (χ3n) is 5.60. The molecule has 3 amide bonds. The van der Waals surface area contributed by atoms with Gasteiger partial charge in [-0.15, -0.1) is 0 Å². The first-order chi connectivity index (χ1) is 13.9. The van der Waals surface area contributed by atoms with Crippen molar-refractivity contribution in [2.45, 2.75) is 38.3 Å². The predicted octanol–water partition coefficient (Wildman–Crippen LogP) is 4.38. The normalized spacial score (nSPS) is 18.3. The van der Waals surface area contributed by atoms with E-state index in [0.717, 1.165) is 16.8 Å². The summed E-state index contributed by atoms with van der Waals surface area (Å²) in [5.41, 5.74) is 2.17. The minimum Gasteiger partial charge on any atom is -0.324 e. The van der Waals surface area contributed by atoms with Crippen molar-refractivity contribution in [1.82, 2.24) is 9.96 Å².